The molecule has 0 bridgehead atoms. The number of likely N-dealkylation sites (tertiary alicyclic amines) is 2. The van der Waals surface area contributed by atoms with E-state index in [1.54, 1.807) is 0 Å². The Morgan fingerprint density at radius 2 is 1.86 bits per heavy atom. The summed E-state index contributed by atoms with van der Waals surface area (Å²) >= 11 is 0. The number of allylic oxidation sites excluding steroid dienone is 1. The maximum Gasteiger partial charge on any atom is 0.225 e. The Labute approximate surface area is 222 Å². The molecule has 4 heterocycles. The van der Waals surface area contributed by atoms with Crippen LogP contribution in [-0.2, 0) is 4.79 Å². The Kier molecular flexibility index (Phi) is 8.59. The van der Waals surface area contributed by atoms with Crippen LogP contribution in [0.4, 0.5) is 0 Å². The van der Waals surface area contributed by atoms with Gasteiger partial charge in [-0.3, -0.25) is 4.79 Å². The summed E-state index contributed by atoms with van der Waals surface area (Å²) < 4.78 is 2.30. The number of nitrogens with zero attached hydrogens (tertiary/aromatic N) is 5. The number of fused-ring (bicyclic) bond motifs is 1. The summed E-state index contributed by atoms with van der Waals surface area (Å²) in [7, 11) is 0. The maximum atomic E-state index is 13.4. The molecule has 5 rings (SSSR count). The molecule has 2 aromatic rings. The number of hydrogen-bond acceptors (Lipinski definition) is 5. The fourth-order valence-corrected chi connectivity index (χ4v) is 6.67. The SMILES string of the molecule is C=CC(N/C=C\C)c1nc2cccnc2n1C1CCN(C(=O)C2CCN(CC3CCCCC3)CC2)CC1. The number of hydrogen-bond donors (Lipinski definition) is 1. The lowest BCUT2D eigenvalue weighted by molar-refractivity contribution is -0.138. The molecule has 1 unspecified atom stereocenters. The molecule has 1 saturated carbocycles. The number of pyridine rings is 1. The number of imidazole rings is 1. The van der Waals surface area contributed by atoms with Gasteiger partial charge in [0.15, 0.2) is 5.65 Å². The van der Waals surface area contributed by atoms with Crippen molar-refractivity contribution in [2.75, 3.05) is 32.7 Å². The van der Waals surface area contributed by atoms with Crippen LogP contribution in [0.1, 0.15) is 82.6 Å². The summed E-state index contributed by atoms with van der Waals surface area (Å²) in [6.07, 6.45) is 18.6. The van der Waals surface area contributed by atoms with Gasteiger partial charge in [0.1, 0.15) is 17.4 Å². The molecule has 1 N–H and O–H groups in total. The first-order valence-electron chi connectivity index (χ1n) is 14.5. The van der Waals surface area contributed by atoms with Crippen LogP contribution in [0.25, 0.3) is 11.2 Å². The standard InChI is InChI=1S/C30H44N6O/c1-3-16-31-26(4-2)29-33-27-11-8-17-32-28(27)36(29)25-14-20-35(21-15-25)30(37)24-12-18-34(19-13-24)22-23-9-6-5-7-10-23/h3-4,8,11,16-17,23-26,31H,2,5-7,9-10,12-15,18-22H2,1H3/b16-3-. The van der Waals surface area contributed by atoms with E-state index in [9.17, 15) is 4.79 Å². The van der Waals surface area contributed by atoms with Gasteiger partial charge in [-0.05, 0) is 82.8 Å². The second kappa shape index (κ2) is 12.2. The van der Waals surface area contributed by atoms with Gasteiger partial charge in [0, 0.05) is 37.8 Å². The molecule has 1 aliphatic carbocycles. The predicted molar refractivity (Wildman–Crippen MR) is 149 cm³/mol. The molecule has 2 saturated heterocycles. The number of carbonyl (C=O) groups is 1. The highest BCUT2D eigenvalue weighted by Crippen LogP contribution is 2.32. The first kappa shape index (κ1) is 26.0. The van der Waals surface area contributed by atoms with Gasteiger partial charge in [0.2, 0.25) is 5.91 Å². The molecule has 2 aliphatic heterocycles. The monoisotopic (exact) mass is 504 g/mol. The fraction of sp³-hybridized carbons (Fsp3) is 0.633. The van der Waals surface area contributed by atoms with Crippen molar-refractivity contribution in [3.8, 4) is 0 Å². The average molecular weight is 505 g/mol. The van der Waals surface area contributed by atoms with Gasteiger partial charge < -0.3 is 19.7 Å². The van der Waals surface area contributed by atoms with Crippen LogP contribution >= 0.6 is 0 Å². The molecule has 2 aromatic heterocycles. The summed E-state index contributed by atoms with van der Waals surface area (Å²) in [5.41, 5.74) is 1.83. The molecule has 3 fully saturated rings. The fourth-order valence-electron chi connectivity index (χ4n) is 6.67. The summed E-state index contributed by atoms with van der Waals surface area (Å²) in [5.74, 6) is 2.40. The minimum absolute atomic E-state index is 0.0937. The Hall–Kier alpha value is -2.67. The average Bonchev–Trinajstić information content (AvgIpc) is 3.33. The minimum Gasteiger partial charge on any atom is -0.378 e. The van der Waals surface area contributed by atoms with E-state index < -0.39 is 0 Å². The summed E-state index contributed by atoms with van der Waals surface area (Å²) in [5, 5.41) is 3.40. The summed E-state index contributed by atoms with van der Waals surface area (Å²) in [6.45, 7) is 11.1. The normalized spacial score (nSPS) is 22.0. The molecule has 0 aromatic carbocycles. The first-order valence-corrected chi connectivity index (χ1v) is 14.5. The van der Waals surface area contributed by atoms with Crippen LogP contribution in [0.15, 0.2) is 43.3 Å². The van der Waals surface area contributed by atoms with Crippen LogP contribution < -0.4 is 5.32 Å². The molecule has 37 heavy (non-hydrogen) atoms. The van der Waals surface area contributed by atoms with Gasteiger partial charge >= 0.3 is 0 Å². The number of carbonyl (C=O) groups excluding carboxylic acids is 1. The van der Waals surface area contributed by atoms with Crippen molar-refractivity contribution in [2.45, 2.75) is 76.8 Å². The van der Waals surface area contributed by atoms with Gasteiger partial charge in [-0.15, -0.1) is 6.58 Å². The van der Waals surface area contributed by atoms with Crippen molar-refractivity contribution in [1.82, 2.24) is 29.7 Å². The molecule has 0 spiro atoms. The third-order valence-corrected chi connectivity index (χ3v) is 8.75. The van der Waals surface area contributed by atoms with Gasteiger partial charge in [-0.25, -0.2) is 9.97 Å². The van der Waals surface area contributed by atoms with Crippen molar-refractivity contribution in [2.24, 2.45) is 11.8 Å². The van der Waals surface area contributed by atoms with Crippen molar-refractivity contribution in [3.05, 3.63) is 49.1 Å². The zero-order chi connectivity index (χ0) is 25.6. The number of rotatable bonds is 8. The van der Waals surface area contributed by atoms with Crippen molar-refractivity contribution >= 4 is 17.1 Å². The molecule has 7 nitrogen and oxygen atoms in total. The highest BCUT2D eigenvalue weighted by Gasteiger charge is 2.33. The molecule has 200 valence electrons. The number of nitrogens with one attached hydrogen (secondary N) is 1. The Morgan fingerprint density at radius 3 is 2.57 bits per heavy atom. The highest BCUT2D eigenvalue weighted by atomic mass is 16.2. The van der Waals surface area contributed by atoms with Crippen LogP contribution in [0, 0.1) is 11.8 Å². The molecule has 0 radical (unpaired) electrons. The molecule has 7 heteroatoms. The summed E-state index contributed by atoms with van der Waals surface area (Å²) in [4.78, 5) is 27.8. The van der Waals surface area contributed by atoms with Crippen molar-refractivity contribution in [1.29, 1.82) is 0 Å². The quantitative estimate of drug-likeness (QED) is 0.498. The van der Waals surface area contributed by atoms with E-state index in [0.717, 1.165) is 74.8 Å². The third-order valence-electron chi connectivity index (χ3n) is 8.75. The second-order valence-electron chi connectivity index (χ2n) is 11.2. The van der Waals surface area contributed by atoms with Crippen LogP contribution in [-0.4, -0.2) is 63.0 Å². The number of piperidine rings is 2. The minimum atomic E-state index is -0.0937. The van der Waals surface area contributed by atoms with E-state index in [-0.39, 0.29) is 18.0 Å². The molecular formula is C30H44N6O. The lowest BCUT2D eigenvalue weighted by atomic mass is 9.87. The van der Waals surface area contributed by atoms with E-state index in [0.29, 0.717) is 5.91 Å². The zero-order valence-electron chi connectivity index (χ0n) is 22.5. The Balaban J connectivity index is 1.20. The maximum absolute atomic E-state index is 13.4. The zero-order valence-corrected chi connectivity index (χ0v) is 22.5. The highest BCUT2D eigenvalue weighted by molar-refractivity contribution is 5.79. The lowest BCUT2D eigenvalue weighted by Crippen LogP contribution is -2.46. The van der Waals surface area contributed by atoms with E-state index >= 15 is 0 Å². The van der Waals surface area contributed by atoms with Crippen LogP contribution in [0.2, 0.25) is 0 Å². The van der Waals surface area contributed by atoms with Gasteiger partial charge in [-0.2, -0.15) is 0 Å². The van der Waals surface area contributed by atoms with E-state index in [4.69, 9.17) is 4.98 Å². The van der Waals surface area contributed by atoms with E-state index in [1.807, 2.05) is 43.6 Å². The van der Waals surface area contributed by atoms with E-state index in [1.165, 1.54) is 38.6 Å². The van der Waals surface area contributed by atoms with Gasteiger partial charge in [0.05, 0.1) is 0 Å². The smallest absolute Gasteiger partial charge is 0.225 e. The van der Waals surface area contributed by atoms with Crippen LogP contribution in [0.5, 0.6) is 0 Å². The van der Waals surface area contributed by atoms with Crippen LogP contribution in [0.3, 0.4) is 0 Å². The predicted octanol–water partition coefficient (Wildman–Crippen LogP) is 5.24. The summed E-state index contributed by atoms with van der Waals surface area (Å²) in [6, 6.07) is 4.14. The molecular weight excluding hydrogens is 460 g/mol. The molecule has 1 amide bonds. The number of amides is 1. The molecule has 3 aliphatic rings. The molecule has 1 atom stereocenters. The lowest BCUT2D eigenvalue weighted by Gasteiger charge is -2.39. The van der Waals surface area contributed by atoms with E-state index in [2.05, 4.69) is 31.2 Å². The Bertz CT molecular complexity index is 1070. The largest absolute Gasteiger partial charge is 0.378 e. The van der Waals surface area contributed by atoms with Gasteiger partial charge in [-0.1, -0.05) is 31.4 Å². The van der Waals surface area contributed by atoms with Crippen molar-refractivity contribution < 1.29 is 4.79 Å². The first-order chi connectivity index (χ1) is 18.2. The van der Waals surface area contributed by atoms with Crippen molar-refractivity contribution in [3.63, 3.8) is 0 Å². The Morgan fingerprint density at radius 1 is 1.11 bits per heavy atom. The third kappa shape index (κ3) is 5.92. The number of aromatic nitrogens is 3. The second-order valence-corrected chi connectivity index (χ2v) is 11.2. The van der Waals surface area contributed by atoms with Gasteiger partial charge in [0.25, 0.3) is 0 Å². The topological polar surface area (TPSA) is 66.3 Å².